The van der Waals surface area contributed by atoms with Gasteiger partial charge in [-0.3, -0.25) is 9.59 Å². The fourth-order valence-corrected chi connectivity index (χ4v) is 2.36. The second-order valence-corrected chi connectivity index (χ2v) is 5.69. The number of nitrogens with zero attached hydrogens (tertiary/aromatic N) is 1. The first-order valence-corrected chi connectivity index (χ1v) is 7.96. The first-order valence-electron chi connectivity index (χ1n) is 7.96. The average Bonchev–Trinajstić information content (AvgIpc) is 2.57. The van der Waals surface area contributed by atoms with Crippen molar-refractivity contribution in [1.29, 1.82) is 0 Å². The zero-order chi connectivity index (χ0) is 18.2. The Morgan fingerprint density at radius 2 is 1.72 bits per heavy atom. The lowest BCUT2D eigenvalue weighted by molar-refractivity contribution is -0.130. The number of carbonyl (C=O) groups is 2. The highest BCUT2D eigenvalue weighted by Crippen LogP contribution is 2.10. The molecule has 2 aromatic rings. The van der Waals surface area contributed by atoms with Crippen LogP contribution < -0.4 is 5.32 Å². The Labute approximate surface area is 145 Å². The Kier molecular flexibility index (Phi) is 6.62. The zero-order valence-electron chi connectivity index (χ0n) is 14.0. The van der Waals surface area contributed by atoms with Crippen LogP contribution in [0.3, 0.4) is 0 Å². The van der Waals surface area contributed by atoms with Gasteiger partial charge in [0.15, 0.2) is 0 Å². The van der Waals surface area contributed by atoms with E-state index >= 15 is 0 Å². The summed E-state index contributed by atoms with van der Waals surface area (Å²) in [6.45, 7) is 2.09. The van der Waals surface area contributed by atoms with Crippen LogP contribution in [0, 0.1) is 11.6 Å². The summed E-state index contributed by atoms with van der Waals surface area (Å²) in [5.74, 6) is -1.14. The molecule has 6 heteroatoms. The van der Waals surface area contributed by atoms with Crippen molar-refractivity contribution < 1.29 is 18.4 Å². The third kappa shape index (κ3) is 5.99. The van der Waals surface area contributed by atoms with E-state index in [0.717, 1.165) is 0 Å². The van der Waals surface area contributed by atoms with Crippen molar-refractivity contribution in [3.63, 3.8) is 0 Å². The number of carbonyl (C=O) groups excluding carboxylic acids is 2. The molecular formula is C19H20F2N2O2. The zero-order valence-corrected chi connectivity index (χ0v) is 14.0. The smallest absolute Gasteiger partial charge is 0.224 e. The van der Waals surface area contributed by atoms with Crippen molar-refractivity contribution in [2.45, 2.75) is 19.9 Å². The molecule has 132 valence electrons. The summed E-state index contributed by atoms with van der Waals surface area (Å²) >= 11 is 0. The molecule has 25 heavy (non-hydrogen) atoms. The topological polar surface area (TPSA) is 49.4 Å². The van der Waals surface area contributed by atoms with Crippen LogP contribution >= 0.6 is 0 Å². The molecule has 0 spiro atoms. The average molecular weight is 346 g/mol. The summed E-state index contributed by atoms with van der Waals surface area (Å²) in [5.41, 5.74) is 1.13. The van der Waals surface area contributed by atoms with E-state index in [1.807, 2.05) is 0 Å². The van der Waals surface area contributed by atoms with Gasteiger partial charge in [0.25, 0.3) is 0 Å². The third-order valence-corrected chi connectivity index (χ3v) is 3.75. The van der Waals surface area contributed by atoms with E-state index < -0.39 is 0 Å². The molecule has 0 radical (unpaired) electrons. The predicted molar refractivity (Wildman–Crippen MR) is 90.6 cm³/mol. The van der Waals surface area contributed by atoms with Crippen LogP contribution in [-0.2, 0) is 22.6 Å². The van der Waals surface area contributed by atoms with Gasteiger partial charge in [-0.15, -0.1) is 0 Å². The Balaban J connectivity index is 1.82. The second kappa shape index (κ2) is 8.92. The van der Waals surface area contributed by atoms with Crippen molar-refractivity contribution in [1.82, 2.24) is 10.2 Å². The van der Waals surface area contributed by atoms with E-state index in [2.05, 4.69) is 5.32 Å². The van der Waals surface area contributed by atoms with Gasteiger partial charge in [0.1, 0.15) is 11.6 Å². The SMILES string of the molecule is CC(=O)N(CCNC(=O)Cc1ccc(F)cc1)Cc1ccccc1F. The predicted octanol–water partition coefficient (Wildman–Crippen LogP) is 2.67. The van der Waals surface area contributed by atoms with E-state index in [1.165, 1.54) is 30.0 Å². The molecule has 0 heterocycles. The number of hydrogen-bond donors (Lipinski definition) is 1. The standard InChI is InChI=1S/C19H20F2N2O2/c1-14(24)23(13-16-4-2-3-5-18(16)21)11-10-22-19(25)12-15-6-8-17(20)9-7-15/h2-9H,10-13H2,1H3,(H,22,25). The lowest BCUT2D eigenvalue weighted by atomic mass is 10.1. The highest BCUT2D eigenvalue weighted by molar-refractivity contribution is 5.78. The lowest BCUT2D eigenvalue weighted by Gasteiger charge is -2.21. The van der Waals surface area contributed by atoms with E-state index in [0.29, 0.717) is 11.1 Å². The molecule has 0 fully saturated rings. The molecule has 0 aromatic heterocycles. The Bertz CT molecular complexity index is 732. The molecule has 1 N–H and O–H groups in total. The van der Waals surface area contributed by atoms with Crippen LogP contribution in [0.15, 0.2) is 48.5 Å². The van der Waals surface area contributed by atoms with Crippen molar-refractivity contribution in [3.05, 3.63) is 71.3 Å². The summed E-state index contributed by atoms with van der Waals surface area (Å²) in [5, 5.41) is 2.71. The first kappa shape index (κ1) is 18.6. The van der Waals surface area contributed by atoms with Crippen LogP contribution in [0.4, 0.5) is 8.78 Å². The maximum atomic E-state index is 13.7. The quantitative estimate of drug-likeness (QED) is 0.838. The van der Waals surface area contributed by atoms with E-state index in [-0.39, 0.29) is 49.5 Å². The minimum absolute atomic E-state index is 0.133. The van der Waals surface area contributed by atoms with Crippen molar-refractivity contribution >= 4 is 11.8 Å². The lowest BCUT2D eigenvalue weighted by Crippen LogP contribution is -2.37. The number of amides is 2. The minimum Gasteiger partial charge on any atom is -0.354 e. The number of halogens is 2. The molecule has 0 saturated heterocycles. The minimum atomic E-state index is -0.367. The summed E-state index contributed by atoms with van der Waals surface area (Å²) < 4.78 is 26.5. The number of hydrogen-bond acceptors (Lipinski definition) is 2. The molecule has 0 atom stereocenters. The van der Waals surface area contributed by atoms with Gasteiger partial charge in [-0.1, -0.05) is 30.3 Å². The van der Waals surface area contributed by atoms with Crippen LogP contribution in [-0.4, -0.2) is 29.8 Å². The Morgan fingerprint density at radius 1 is 1.04 bits per heavy atom. The van der Waals surface area contributed by atoms with E-state index in [4.69, 9.17) is 0 Å². The largest absolute Gasteiger partial charge is 0.354 e. The van der Waals surface area contributed by atoms with Crippen LogP contribution in [0.1, 0.15) is 18.1 Å². The molecule has 0 unspecified atom stereocenters. The van der Waals surface area contributed by atoms with Crippen LogP contribution in [0.5, 0.6) is 0 Å². The van der Waals surface area contributed by atoms with Crippen molar-refractivity contribution in [3.8, 4) is 0 Å². The number of nitrogens with one attached hydrogen (secondary N) is 1. The van der Waals surface area contributed by atoms with Crippen LogP contribution in [0.2, 0.25) is 0 Å². The van der Waals surface area contributed by atoms with Gasteiger partial charge in [0, 0.05) is 32.1 Å². The maximum Gasteiger partial charge on any atom is 0.224 e. The molecule has 2 rings (SSSR count). The summed E-state index contributed by atoms with van der Waals surface area (Å²) in [7, 11) is 0. The molecule has 0 saturated carbocycles. The molecule has 4 nitrogen and oxygen atoms in total. The normalized spacial score (nSPS) is 10.4. The molecule has 2 aromatic carbocycles. The first-order chi connectivity index (χ1) is 12.0. The van der Waals surface area contributed by atoms with Crippen molar-refractivity contribution in [2.75, 3.05) is 13.1 Å². The fourth-order valence-electron chi connectivity index (χ4n) is 2.36. The number of rotatable bonds is 7. The highest BCUT2D eigenvalue weighted by atomic mass is 19.1. The van der Waals surface area contributed by atoms with Gasteiger partial charge >= 0.3 is 0 Å². The third-order valence-electron chi connectivity index (χ3n) is 3.75. The highest BCUT2D eigenvalue weighted by Gasteiger charge is 2.12. The van der Waals surface area contributed by atoms with Gasteiger partial charge in [-0.25, -0.2) is 8.78 Å². The molecule has 2 amide bonds. The fraction of sp³-hybridized carbons (Fsp3) is 0.263. The van der Waals surface area contributed by atoms with Crippen molar-refractivity contribution in [2.24, 2.45) is 0 Å². The monoisotopic (exact) mass is 346 g/mol. The molecule has 0 bridgehead atoms. The maximum absolute atomic E-state index is 13.7. The van der Waals surface area contributed by atoms with E-state index in [1.54, 1.807) is 30.3 Å². The molecule has 0 aliphatic heterocycles. The summed E-state index contributed by atoms with van der Waals surface area (Å²) in [6, 6.07) is 12.0. The number of benzene rings is 2. The Morgan fingerprint density at radius 3 is 2.36 bits per heavy atom. The molecule has 0 aliphatic carbocycles. The summed E-state index contributed by atoms with van der Waals surface area (Å²) in [4.78, 5) is 25.1. The Hall–Kier alpha value is -2.76. The van der Waals surface area contributed by atoms with Crippen LogP contribution in [0.25, 0.3) is 0 Å². The van der Waals surface area contributed by atoms with Gasteiger partial charge < -0.3 is 10.2 Å². The summed E-state index contributed by atoms with van der Waals surface area (Å²) in [6.07, 6.45) is 0.133. The van der Waals surface area contributed by atoms with E-state index in [9.17, 15) is 18.4 Å². The second-order valence-electron chi connectivity index (χ2n) is 5.69. The molecular weight excluding hydrogens is 326 g/mol. The van der Waals surface area contributed by atoms with Gasteiger partial charge in [-0.05, 0) is 23.8 Å². The van der Waals surface area contributed by atoms with Gasteiger partial charge in [0.2, 0.25) is 11.8 Å². The molecule has 0 aliphatic rings. The van der Waals surface area contributed by atoms with Gasteiger partial charge in [0.05, 0.1) is 6.42 Å². The van der Waals surface area contributed by atoms with Gasteiger partial charge in [-0.2, -0.15) is 0 Å².